The summed E-state index contributed by atoms with van der Waals surface area (Å²) in [6.45, 7) is 0.741. The standard InChI is InChI=1S/C10H12FNO3/c1-14-4-5-15-7-2-3-8(10(12)13)9(11)6-7/h2-3,6H,4-5H2,1H3,(H2,12,13). The number of primary amides is 1. The fraction of sp³-hybridized carbons (Fsp3) is 0.300. The second-order valence-electron chi connectivity index (χ2n) is 2.85. The van der Waals surface area contributed by atoms with Crippen LogP contribution in [0.15, 0.2) is 18.2 Å². The van der Waals surface area contributed by atoms with Crippen LogP contribution in [0.4, 0.5) is 4.39 Å². The van der Waals surface area contributed by atoms with Crippen molar-refractivity contribution in [2.24, 2.45) is 5.73 Å². The van der Waals surface area contributed by atoms with Crippen LogP contribution in [0, 0.1) is 5.82 Å². The smallest absolute Gasteiger partial charge is 0.251 e. The number of methoxy groups -OCH3 is 1. The largest absolute Gasteiger partial charge is 0.491 e. The van der Waals surface area contributed by atoms with E-state index in [2.05, 4.69) is 0 Å². The Bertz CT molecular complexity index is 355. The first kappa shape index (κ1) is 11.5. The molecular weight excluding hydrogens is 201 g/mol. The van der Waals surface area contributed by atoms with E-state index in [0.29, 0.717) is 19.0 Å². The number of ether oxygens (including phenoxy) is 2. The van der Waals surface area contributed by atoms with E-state index in [0.717, 1.165) is 6.07 Å². The van der Waals surface area contributed by atoms with Crippen LogP contribution in [0.3, 0.4) is 0 Å². The summed E-state index contributed by atoms with van der Waals surface area (Å²) in [6, 6.07) is 3.90. The summed E-state index contributed by atoms with van der Waals surface area (Å²) in [4.78, 5) is 10.7. The molecule has 0 bridgehead atoms. The summed E-state index contributed by atoms with van der Waals surface area (Å²) in [5.41, 5.74) is 4.80. The number of hydrogen-bond donors (Lipinski definition) is 1. The third-order valence-electron chi connectivity index (χ3n) is 1.76. The van der Waals surface area contributed by atoms with Gasteiger partial charge in [0.2, 0.25) is 0 Å². The maximum atomic E-state index is 13.2. The third-order valence-corrected chi connectivity index (χ3v) is 1.76. The van der Waals surface area contributed by atoms with Crippen LogP contribution in [-0.2, 0) is 4.74 Å². The molecule has 0 fully saturated rings. The van der Waals surface area contributed by atoms with E-state index in [1.54, 1.807) is 7.11 Å². The fourth-order valence-electron chi connectivity index (χ4n) is 1.03. The first-order valence-corrected chi connectivity index (χ1v) is 4.36. The van der Waals surface area contributed by atoms with E-state index in [9.17, 15) is 9.18 Å². The van der Waals surface area contributed by atoms with Gasteiger partial charge in [-0.2, -0.15) is 0 Å². The molecule has 0 saturated heterocycles. The van der Waals surface area contributed by atoms with E-state index >= 15 is 0 Å². The Morgan fingerprint density at radius 1 is 1.47 bits per heavy atom. The van der Waals surface area contributed by atoms with Crippen LogP contribution >= 0.6 is 0 Å². The van der Waals surface area contributed by atoms with Crippen molar-refractivity contribution in [1.29, 1.82) is 0 Å². The van der Waals surface area contributed by atoms with Gasteiger partial charge in [0, 0.05) is 13.2 Å². The van der Waals surface area contributed by atoms with Crippen molar-refractivity contribution in [2.45, 2.75) is 0 Å². The molecule has 5 heteroatoms. The molecule has 0 atom stereocenters. The molecule has 4 nitrogen and oxygen atoms in total. The molecule has 15 heavy (non-hydrogen) atoms. The van der Waals surface area contributed by atoms with Crippen LogP contribution in [0.25, 0.3) is 0 Å². The van der Waals surface area contributed by atoms with Crippen molar-refractivity contribution in [3.05, 3.63) is 29.6 Å². The normalized spacial score (nSPS) is 10.0. The lowest BCUT2D eigenvalue weighted by Gasteiger charge is -2.06. The van der Waals surface area contributed by atoms with E-state index in [4.69, 9.17) is 15.2 Å². The van der Waals surface area contributed by atoms with Crippen LogP contribution in [-0.4, -0.2) is 26.2 Å². The number of carbonyl (C=O) groups excluding carboxylic acids is 1. The highest BCUT2D eigenvalue weighted by Gasteiger charge is 2.08. The van der Waals surface area contributed by atoms with Gasteiger partial charge in [-0.25, -0.2) is 4.39 Å². The monoisotopic (exact) mass is 213 g/mol. The van der Waals surface area contributed by atoms with Crippen molar-refractivity contribution in [3.63, 3.8) is 0 Å². The molecule has 0 aliphatic carbocycles. The van der Waals surface area contributed by atoms with Crippen molar-refractivity contribution in [1.82, 2.24) is 0 Å². The summed E-state index contributed by atoms with van der Waals surface area (Å²) in [6.07, 6.45) is 0. The Balaban J connectivity index is 2.69. The molecule has 0 saturated carbocycles. The SMILES string of the molecule is COCCOc1ccc(C(N)=O)c(F)c1. The Morgan fingerprint density at radius 2 is 2.20 bits per heavy atom. The number of halogens is 1. The molecule has 1 rings (SSSR count). The minimum absolute atomic E-state index is 0.144. The zero-order chi connectivity index (χ0) is 11.3. The second-order valence-corrected chi connectivity index (χ2v) is 2.85. The average Bonchev–Trinajstić information content (AvgIpc) is 2.17. The number of amides is 1. The van der Waals surface area contributed by atoms with Gasteiger partial charge in [-0.1, -0.05) is 0 Å². The van der Waals surface area contributed by atoms with E-state index in [1.165, 1.54) is 12.1 Å². The van der Waals surface area contributed by atoms with Gasteiger partial charge >= 0.3 is 0 Å². The number of nitrogens with two attached hydrogens (primary N) is 1. The lowest BCUT2D eigenvalue weighted by atomic mass is 10.2. The Labute approximate surface area is 86.8 Å². The van der Waals surface area contributed by atoms with Crippen LogP contribution < -0.4 is 10.5 Å². The highest BCUT2D eigenvalue weighted by atomic mass is 19.1. The van der Waals surface area contributed by atoms with Crippen LogP contribution in [0.1, 0.15) is 10.4 Å². The second kappa shape index (κ2) is 5.31. The molecule has 82 valence electrons. The van der Waals surface area contributed by atoms with Gasteiger partial charge in [0.1, 0.15) is 18.2 Å². The molecular formula is C10H12FNO3. The predicted octanol–water partition coefficient (Wildman–Crippen LogP) is 0.950. The Hall–Kier alpha value is -1.62. The van der Waals surface area contributed by atoms with E-state index in [1.807, 2.05) is 0 Å². The van der Waals surface area contributed by atoms with Gasteiger partial charge < -0.3 is 15.2 Å². The maximum absolute atomic E-state index is 13.2. The summed E-state index contributed by atoms with van der Waals surface area (Å²) in [5.74, 6) is -1.14. The summed E-state index contributed by atoms with van der Waals surface area (Å²) < 4.78 is 23.1. The van der Waals surface area contributed by atoms with Gasteiger partial charge in [-0.3, -0.25) is 4.79 Å². The van der Waals surface area contributed by atoms with Gasteiger partial charge in [-0.05, 0) is 12.1 Å². The first-order chi connectivity index (χ1) is 7.15. The summed E-state index contributed by atoms with van der Waals surface area (Å²) in [5, 5.41) is 0. The van der Waals surface area contributed by atoms with Crippen LogP contribution in [0.5, 0.6) is 5.75 Å². The molecule has 0 unspecified atom stereocenters. The van der Waals surface area contributed by atoms with Gasteiger partial charge in [-0.15, -0.1) is 0 Å². The molecule has 1 aromatic rings. The van der Waals surface area contributed by atoms with Gasteiger partial charge in [0.25, 0.3) is 5.91 Å². The molecule has 0 aliphatic rings. The summed E-state index contributed by atoms with van der Waals surface area (Å²) >= 11 is 0. The molecule has 0 spiro atoms. The third kappa shape index (κ3) is 3.21. The Morgan fingerprint density at radius 3 is 2.73 bits per heavy atom. The molecule has 1 amide bonds. The van der Waals surface area contributed by atoms with Crippen molar-refractivity contribution < 1.29 is 18.7 Å². The zero-order valence-corrected chi connectivity index (χ0v) is 8.33. The lowest BCUT2D eigenvalue weighted by molar-refractivity contribution is 0.0996. The number of carbonyl (C=O) groups is 1. The predicted molar refractivity (Wildman–Crippen MR) is 52.3 cm³/mol. The molecule has 0 aliphatic heterocycles. The van der Waals surface area contributed by atoms with Crippen molar-refractivity contribution in [2.75, 3.05) is 20.3 Å². The summed E-state index contributed by atoms with van der Waals surface area (Å²) in [7, 11) is 1.54. The van der Waals surface area contributed by atoms with Gasteiger partial charge in [0.05, 0.1) is 12.2 Å². The zero-order valence-electron chi connectivity index (χ0n) is 8.33. The molecule has 0 aromatic heterocycles. The number of hydrogen-bond acceptors (Lipinski definition) is 3. The van der Waals surface area contributed by atoms with E-state index in [-0.39, 0.29) is 5.56 Å². The van der Waals surface area contributed by atoms with Gasteiger partial charge in [0.15, 0.2) is 0 Å². The first-order valence-electron chi connectivity index (χ1n) is 4.36. The lowest BCUT2D eigenvalue weighted by Crippen LogP contribution is -2.13. The molecule has 0 radical (unpaired) electrons. The van der Waals surface area contributed by atoms with E-state index < -0.39 is 11.7 Å². The topological polar surface area (TPSA) is 61.6 Å². The number of rotatable bonds is 5. The minimum atomic E-state index is -0.795. The highest BCUT2D eigenvalue weighted by Crippen LogP contribution is 2.16. The quantitative estimate of drug-likeness (QED) is 0.741. The minimum Gasteiger partial charge on any atom is -0.491 e. The average molecular weight is 213 g/mol. The molecule has 1 aromatic carbocycles. The fourth-order valence-corrected chi connectivity index (χ4v) is 1.03. The Kier molecular flexibility index (Phi) is 4.05. The molecule has 2 N–H and O–H groups in total. The molecule has 0 heterocycles. The van der Waals surface area contributed by atoms with Crippen LogP contribution in [0.2, 0.25) is 0 Å². The maximum Gasteiger partial charge on any atom is 0.251 e. The highest BCUT2D eigenvalue weighted by molar-refractivity contribution is 5.93. The van der Waals surface area contributed by atoms with Crippen molar-refractivity contribution >= 4 is 5.91 Å². The number of benzene rings is 1. The van der Waals surface area contributed by atoms with Crippen molar-refractivity contribution in [3.8, 4) is 5.75 Å².